The van der Waals surface area contributed by atoms with Crippen LogP contribution in [-0.4, -0.2) is 35.5 Å². The Kier molecular flexibility index (Phi) is 5.53. The summed E-state index contributed by atoms with van der Waals surface area (Å²) in [6.07, 6.45) is 0. The molecule has 100 valence electrons. The molecule has 1 atom stereocenters. The lowest BCUT2D eigenvalue weighted by Gasteiger charge is -2.33. The third-order valence-electron chi connectivity index (χ3n) is 3.17. The first kappa shape index (κ1) is 14.9. The summed E-state index contributed by atoms with van der Waals surface area (Å²) in [6, 6.07) is 7.34. The van der Waals surface area contributed by atoms with Gasteiger partial charge in [0.2, 0.25) is 0 Å². The summed E-state index contributed by atoms with van der Waals surface area (Å²) in [5.41, 5.74) is 1.28. The molecule has 1 aliphatic rings. The minimum atomic E-state index is -0.364. The van der Waals surface area contributed by atoms with Crippen LogP contribution in [0.15, 0.2) is 24.3 Å². The van der Waals surface area contributed by atoms with Crippen molar-refractivity contribution in [3.63, 3.8) is 0 Å². The van der Waals surface area contributed by atoms with Gasteiger partial charge in [0.25, 0.3) is 5.69 Å². The summed E-state index contributed by atoms with van der Waals surface area (Å²) >= 11 is 0. The number of piperazine rings is 1. The molecule has 6 heteroatoms. The summed E-state index contributed by atoms with van der Waals surface area (Å²) in [6.45, 7) is 6.10. The molecule has 0 aliphatic carbocycles. The Labute approximate surface area is 113 Å². The second-order valence-corrected chi connectivity index (χ2v) is 4.45. The molecule has 1 aromatic carbocycles. The smallest absolute Gasteiger partial charge is 0.269 e. The highest BCUT2D eigenvalue weighted by molar-refractivity contribution is 5.85. The van der Waals surface area contributed by atoms with Crippen molar-refractivity contribution in [2.24, 2.45) is 0 Å². The number of rotatable bonds is 3. The summed E-state index contributed by atoms with van der Waals surface area (Å²) in [7, 11) is 0. The van der Waals surface area contributed by atoms with Crippen LogP contribution < -0.4 is 5.32 Å². The first-order chi connectivity index (χ1) is 8.16. The molecule has 1 fully saturated rings. The van der Waals surface area contributed by atoms with Gasteiger partial charge in [-0.15, -0.1) is 12.4 Å². The van der Waals surface area contributed by atoms with E-state index < -0.39 is 0 Å². The lowest BCUT2D eigenvalue weighted by molar-refractivity contribution is -0.384. The molecule has 5 nitrogen and oxygen atoms in total. The predicted octanol–water partition coefficient (Wildman–Crippen LogP) is 1.81. The van der Waals surface area contributed by atoms with E-state index in [1.165, 1.54) is 0 Å². The molecule has 0 saturated carbocycles. The lowest BCUT2D eigenvalue weighted by atomic mass is 10.1. The van der Waals surface area contributed by atoms with Gasteiger partial charge >= 0.3 is 0 Å². The van der Waals surface area contributed by atoms with Gasteiger partial charge in [0.05, 0.1) is 4.92 Å². The van der Waals surface area contributed by atoms with E-state index in [2.05, 4.69) is 17.1 Å². The van der Waals surface area contributed by atoms with Gasteiger partial charge in [-0.25, -0.2) is 0 Å². The third-order valence-corrected chi connectivity index (χ3v) is 3.17. The second kappa shape index (κ2) is 6.68. The maximum atomic E-state index is 10.5. The molecule has 0 bridgehead atoms. The minimum Gasteiger partial charge on any atom is -0.314 e. The van der Waals surface area contributed by atoms with Crippen molar-refractivity contribution >= 4 is 18.1 Å². The molecule has 0 radical (unpaired) electrons. The number of hydrogen-bond acceptors (Lipinski definition) is 4. The minimum absolute atomic E-state index is 0. The van der Waals surface area contributed by atoms with Crippen LogP contribution in [0.2, 0.25) is 0 Å². The van der Waals surface area contributed by atoms with Crippen molar-refractivity contribution < 1.29 is 4.92 Å². The van der Waals surface area contributed by atoms with Gasteiger partial charge in [-0.3, -0.25) is 15.0 Å². The largest absolute Gasteiger partial charge is 0.314 e. The van der Waals surface area contributed by atoms with Gasteiger partial charge in [-0.2, -0.15) is 0 Å². The van der Waals surface area contributed by atoms with Gasteiger partial charge in [0, 0.05) is 44.4 Å². The van der Waals surface area contributed by atoms with Crippen LogP contribution >= 0.6 is 12.4 Å². The third kappa shape index (κ3) is 3.66. The molecule has 1 aliphatic heterocycles. The molecule has 0 unspecified atom stereocenters. The number of nitrogens with one attached hydrogen (secondary N) is 1. The fraction of sp³-hybridized carbons (Fsp3) is 0.500. The number of hydrogen-bond donors (Lipinski definition) is 1. The van der Waals surface area contributed by atoms with E-state index in [0.29, 0.717) is 6.04 Å². The number of halogens is 1. The molecule has 0 amide bonds. The Morgan fingerprint density at radius 2 is 2.11 bits per heavy atom. The van der Waals surface area contributed by atoms with E-state index in [0.717, 1.165) is 31.7 Å². The number of benzene rings is 1. The summed E-state index contributed by atoms with van der Waals surface area (Å²) in [4.78, 5) is 12.6. The Bertz CT molecular complexity index is 397. The van der Waals surface area contributed by atoms with E-state index >= 15 is 0 Å². The number of non-ortho nitro benzene ring substituents is 1. The van der Waals surface area contributed by atoms with E-state index in [9.17, 15) is 10.1 Å². The Hall–Kier alpha value is -1.17. The van der Waals surface area contributed by atoms with Crippen LogP contribution in [0.3, 0.4) is 0 Å². The first-order valence-corrected chi connectivity index (χ1v) is 5.85. The molecule has 18 heavy (non-hydrogen) atoms. The van der Waals surface area contributed by atoms with Gasteiger partial charge < -0.3 is 5.32 Å². The quantitative estimate of drug-likeness (QED) is 0.673. The van der Waals surface area contributed by atoms with Gasteiger partial charge in [-0.1, -0.05) is 12.1 Å². The fourth-order valence-corrected chi connectivity index (χ4v) is 2.08. The van der Waals surface area contributed by atoms with E-state index in [4.69, 9.17) is 0 Å². The highest BCUT2D eigenvalue weighted by Gasteiger charge is 2.17. The van der Waals surface area contributed by atoms with Gasteiger partial charge in [-0.05, 0) is 12.5 Å². The topological polar surface area (TPSA) is 58.4 Å². The standard InChI is InChI=1S/C12H17N3O2.ClH/c1-10-8-13-6-7-14(10)9-11-2-4-12(5-3-11)15(16)17;/h2-5,10,13H,6-9H2,1H3;1H/t10-;/m1./s1. The predicted molar refractivity (Wildman–Crippen MR) is 73.1 cm³/mol. The fourth-order valence-electron chi connectivity index (χ4n) is 2.08. The number of nitrogens with zero attached hydrogens (tertiary/aromatic N) is 2. The molecule has 0 spiro atoms. The maximum absolute atomic E-state index is 10.5. The lowest BCUT2D eigenvalue weighted by Crippen LogP contribution is -2.49. The maximum Gasteiger partial charge on any atom is 0.269 e. The van der Waals surface area contributed by atoms with Crippen LogP contribution in [0.5, 0.6) is 0 Å². The summed E-state index contributed by atoms with van der Waals surface area (Å²) in [5.74, 6) is 0. The zero-order valence-corrected chi connectivity index (χ0v) is 11.2. The van der Waals surface area contributed by atoms with Gasteiger partial charge in [0.1, 0.15) is 0 Å². The normalized spacial score (nSPS) is 20.2. The van der Waals surface area contributed by atoms with Crippen molar-refractivity contribution in [2.75, 3.05) is 19.6 Å². The van der Waals surface area contributed by atoms with Crippen molar-refractivity contribution in [1.29, 1.82) is 0 Å². The second-order valence-electron chi connectivity index (χ2n) is 4.45. The first-order valence-electron chi connectivity index (χ1n) is 5.85. The molecule has 1 N–H and O–H groups in total. The Morgan fingerprint density at radius 3 is 2.67 bits per heavy atom. The van der Waals surface area contributed by atoms with Crippen LogP contribution in [0.1, 0.15) is 12.5 Å². The van der Waals surface area contributed by atoms with Crippen molar-refractivity contribution in [3.05, 3.63) is 39.9 Å². The van der Waals surface area contributed by atoms with Crippen LogP contribution in [0.4, 0.5) is 5.69 Å². The van der Waals surface area contributed by atoms with Gasteiger partial charge in [0.15, 0.2) is 0 Å². The summed E-state index contributed by atoms with van der Waals surface area (Å²) in [5, 5.41) is 13.9. The Morgan fingerprint density at radius 1 is 1.44 bits per heavy atom. The molecule has 1 heterocycles. The van der Waals surface area contributed by atoms with E-state index in [-0.39, 0.29) is 23.0 Å². The van der Waals surface area contributed by atoms with Crippen LogP contribution in [-0.2, 0) is 6.54 Å². The number of nitro benzene ring substituents is 1. The molecule has 1 aromatic rings. The molecule has 1 saturated heterocycles. The Balaban J connectivity index is 0.00000162. The molecular weight excluding hydrogens is 254 g/mol. The SMILES string of the molecule is C[C@@H]1CNCCN1Cc1ccc([N+](=O)[O-])cc1.Cl. The van der Waals surface area contributed by atoms with Crippen LogP contribution in [0.25, 0.3) is 0 Å². The molecular formula is C12H18ClN3O2. The van der Waals surface area contributed by atoms with Crippen molar-refractivity contribution in [1.82, 2.24) is 10.2 Å². The zero-order valence-electron chi connectivity index (χ0n) is 10.3. The van der Waals surface area contributed by atoms with Crippen molar-refractivity contribution in [2.45, 2.75) is 19.5 Å². The highest BCUT2D eigenvalue weighted by atomic mass is 35.5. The highest BCUT2D eigenvalue weighted by Crippen LogP contribution is 2.15. The van der Waals surface area contributed by atoms with Crippen molar-refractivity contribution in [3.8, 4) is 0 Å². The van der Waals surface area contributed by atoms with Crippen LogP contribution in [0, 0.1) is 10.1 Å². The molecule has 0 aromatic heterocycles. The van der Waals surface area contributed by atoms with E-state index in [1.54, 1.807) is 12.1 Å². The monoisotopic (exact) mass is 271 g/mol. The average molecular weight is 272 g/mol. The summed E-state index contributed by atoms with van der Waals surface area (Å²) < 4.78 is 0. The zero-order chi connectivity index (χ0) is 12.3. The van der Waals surface area contributed by atoms with E-state index in [1.807, 2.05) is 12.1 Å². The molecule has 2 rings (SSSR count). The average Bonchev–Trinajstić information content (AvgIpc) is 2.33. The number of nitro groups is 1.